The van der Waals surface area contributed by atoms with Crippen molar-refractivity contribution < 1.29 is 4.42 Å². The largest absolute Gasteiger partial charge is 0.403 e. The van der Waals surface area contributed by atoms with Gasteiger partial charge in [0.2, 0.25) is 5.89 Å². The molecule has 6 heteroatoms. The van der Waals surface area contributed by atoms with Gasteiger partial charge in [-0.25, -0.2) is 9.78 Å². The lowest BCUT2D eigenvalue weighted by Crippen LogP contribution is -2.03. The molecule has 0 amide bonds. The van der Waals surface area contributed by atoms with Crippen LogP contribution in [0.2, 0.25) is 10.0 Å². The summed E-state index contributed by atoms with van der Waals surface area (Å²) in [6.45, 7) is 0. The van der Waals surface area contributed by atoms with Crippen LogP contribution in [0.25, 0.3) is 22.4 Å². The Kier molecular flexibility index (Phi) is 3.70. The first-order valence-corrected chi connectivity index (χ1v) is 7.44. The predicted octanol–water partition coefficient (Wildman–Crippen LogP) is 4.77. The third-order valence-electron chi connectivity index (χ3n) is 2.75. The molecule has 0 unspecified atom stereocenters. The molecule has 0 atom stereocenters. The molecular formula is C14H6Cl2INO2. The second-order valence-electron chi connectivity index (χ2n) is 4.09. The summed E-state index contributed by atoms with van der Waals surface area (Å²) in [5, 5.41) is 1.35. The van der Waals surface area contributed by atoms with E-state index in [9.17, 15) is 4.79 Å². The Balaban J connectivity index is 2.27. The zero-order chi connectivity index (χ0) is 14.3. The monoisotopic (exact) mass is 417 g/mol. The van der Waals surface area contributed by atoms with E-state index in [-0.39, 0.29) is 5.89 Å². The molecule has 1 aromatic heterocycles. The highest BCUT2D eigenvalue weighted by Crippen LogP contribution is 2.29. The summed E-state index contributed by atoms with van der Waals surface area (Å²) < 4.78 is 6.20. The summed E-state index contributed by atoms with van der Waals surface area (Å²) >= 11 is 14.1. The van der Waals surface area contributed by atoms with Gasteiger partial charge in [0.15, 0.2) is 0 Å². The van der Waals surface area contributed by atoms with Gasteiger partial charge in [-0.3, -0.25) is 0 Å². The maximum absolute atomic E-state index is 12.0. The van der Waals surface area contributed by atoms with Crippen molar-refractivity contribution in [3.8, 4) is 11.5 Å². The Hall–Kier alpha value is -1.11. The van der Waals surface area contributed by atoms with Gasteiger partial charge in [0.25, 0.3) is 0 Å². The number of halogens is 3. The molecule has 0 aliphatic rings. The van der Waals surface area contributed by atoms with E-state index in [2.05, 4.69) is 27.6 Å². The molecule has 1 heterocycles. The predicted molar refractivity (Wildman–Crippen MR) is 88.5 cm³/mol. The summed E-state index contributed by atoms with van der Waals surface area (Å²) in [5.41, 5.74) is 0.672. The molecule has 0 aliphatic heterocycles. The maximum Gasteiger partial charge on any atom is 0.347 e. The average Bonchev–Trinajstić information content (AvgIpc) is 2.39. The third-order valence-corrected chi connectivity index (χ3v) is 3.97. The molecule has 0 aliphatic carbocycles. The van der Waals surface area contributed by atoms with Gasteiger partial charge in [-0.15, -0.1) is 0 Å². The van der Waals surface area contributed by atoms with Gasteiger partial charge in [-0.2, -0.15) is 0 Å². The number of hydrogen-bond donors (Lipinski definition) is 0. The summed E-state index contributed by atoms with van der Waals surface area (Å²) in [4.78, 5) is 16.4. The Morgan fingerprint density at radius 1 is 1.10 bits per heavy atom. The molecule has 0 saturated heterocycles. The Bertz CT molecular complexity index is 877. The molecule has 2 aromatic carbocycles. The van der Waals surface area contributed by atoms with Gasteiger partial charge in [0.1, 0.15) is 0 Å². The van der Waals surface area contributed by atoms with E-state index < -0.39 is 5.63 Å². The fourth-order valence-electron chi connectivity index (χ4n) is 1.82. The van der Waals surface area contributed by atoms with Gasteiger partial charge in [0, 0.05) is 8.59 Å². The van der Waals surface area contributed by atoms with Crippen LogP contribution in [0.5, 0.6) is 0 Å². The van der Waals surface area contributed by atoms with Gasteiger partial charge in [-0.1, -0.05) is 23.2 Å². The highest BCUT2D eigenvalue weighted by atomic mass is 127. The van der Waals surface area contributed by atoms with E-state index >= 15 is 0 Å². The van der Waals surface area contributed by atoms with Crippen molar-refractivity contribution >= 4 is 56.7 Å². The van der Waals surface area contributed by atoms with Gasteiger partial charge in [0.05, 0.1) is 21.5 Å². The molecule has 3 nitrogen and oxygen atoms in total. The first-order valence-electron chi connectivity index (χ1n) is 5.60. The topological polar surface area (TPSA) is 43.1 Å². The fraction of sp³-hybridized carbons (Fsp3) is 0. The molecule has 0 N–H and O–H groups in total. The molecule has 0 fully saturated rings. The SMILES string of the molecule is O=c1oc(-c2ccc(Cl)cc2Cl)nc2ccc(I)cc12. The second kappa shape index (κ2) is 5.35. The highest BCUT2D eigenvalue weighted by Gasteiger charge is 2.12. The lowest BCUT2D eigenvalue weighted by Gasteiger charge is -2.04. The van der Waals surface area contributed by atoms with E-state index in [4.69, 9.17) is 27.6 Å². The highest BCUT2D eigenvalue weighted by molar-refractivity contribution is 14.1. The van der Waals surface area contributed by atoms with Crippen molar-refractivity contribution in [1.82, 2.24) is 4.98 Å². The molecule has 0 radical (unpaired) electrons. The van der Waals surface area contributed by atoms with E-state index in [0.717, 1.165) is 3.57 Å². The van der Waals surface area contributed by atoms with Crippen LogP contribution in [0, 0.1) is 3.57 Å². The number of hydrogen-bond acceptors (Lipinski definition) is 3. The van der Waals surface area contributed by atoms with Gasteiger partial charge in [-0.05, 0) is 59.0 Å². The number of aromatic nitrogens is 1. The van der Waals surface area contributed by atoms with Crippen molar-refractivity contribution in [2.45, 2.75) is 0 Å². The molecule has 0 saturated carbocycles. The molecule has 0 bridgehead atoms. The van der Waals surface area contributed by atoms with Crippen LogP contribution in [0.4, 0.5) is 0 Å². The number of benzene rings is 2. The van der Waals surface area contributed by atoms with Crippen LogP contribution in [0.15, 0.2) is 45.6 Å². The minimum atomic E-state index is -0.436. The zero-order valence-electron chi connectivity index (χ0n) is 9.86. The van der Waals surface area contributed by atoms with Crippen LogP contribution in [-0.4, -0.2) is 4.98 Å². The molecule has 3 rings (SSSR count). The van der Waals surface area contributed by atoms with Crippen molar-refractivity contribution in [1.29, 1.82) is 0 Å². The minimum Gasteiger partial charge on any atom is -0.403 e. The lowest BCUT2D eigenvalue weighted by atomic mass is 10.2. The molecule has 20 heavy (non-hydrogen) atoms. The first kappa shape index (κ1) is 13.9. The second-order valence-corrected chi connectivity index (χ2v) is 6.18. The molecule has 0 spiro atoms. The minimum absolute atomic E-state index is 0.186. The van der Waals surface area contributed by atoms with Crippen LogP contribution >= 0.6 is 45.8 Å². The summed E-state index contributed by atoms with van der Waals surface area (Å²) in [5.74, 6) is 0.186. The van der Waals surface area contributed by atoms with Crippen LogP contribution in [0.1, 0.15) is 0 Å². The van der Waals surface area contributed by atoms with E-state index in [1.165, 1.54) is 0 Å². The van der Waals surface area contributed by atoms with Crippen molar-refractivity contribution in [2.24, 2.45) is 0 Å². The summed E-state index contributed by atoms with van der Waals surface area (Å²) in [6.07, 6.45) is 0. The normalized spacial score (nSPS) is 10.9. The molecule has 100 valence electrons. The Morgan fingerprint density at radius 2 is 1.90 bits per heavy atom. The maximum atomic E-state index is 12.0. The quantitative estimate of drug-likeness (QED) is 0.536. The average molecular weight is 418 g/mol. The fourth-order valence-corrected chi connectivity index (χ4v) is 2.80. The van der Waals surface area contributed by atoms with Crippen LogP contribution < -0.4 is 5.63 Å². The molecular weight excluding hydrogens is 412 g/mol. The number of fused-ring (bicyclic) bond motifs is 1. The number of rotatable bonds is 1. The van der Waals surface area contributed by atoms with Crippen molar-refractivity contribution in [3.63, 3.8) is 0 Å². The summed E-state index contributed by atoms with van der Waals surface area (Å²) in [7, 11) is 0. The zero-order valence-corrected chi connectivity index (χ0v) is 13.5. The smallest absolute Gasteiger partial charge is 0.347 e. The van der Waals surface area contributed by atoms with E-state index in [1.807, 2.05) is 6.07 Å². The number of nitrogens with zero attached hydrogens (tertiary/aromatic N) is 1. The van der Waals surface area contributed by atoms with Gasteiger partial charge < -0.3 is 4.42 Å². The first-order chi connectivity index (χ1) is 9.54. The van der Waals surface area contributed by atoms with E-state index in [1.54, 1.807) is 30.3 Å². The van der Waals surface area contributed by atoms with E-state index in [0.29, 0.717) is 26.5 Å². The lowest BCUT2D eigenvalue weighted by molar-refractivity contribution is 0.518. The Morgan fingerprint density at radius 3 is 2.65 bits per heavy atom. The third kappa shape index (κ3) is 2.55. The van der Waals surface area contributed by atoms with Crippen LogP contribution in [0.3, 0.4) is 0 Å². The molecule has 3 aromatic rings. The Labute approximate surface area is 137 Å². The summed E-state index contributed by atoms with van der Waals surface area (Å²) in [6, 6.07) is 10.3. The van der Waals surface area contributed by atoms with Crippen molar-refractivity contribution in [2.75, 3.05) is 0 Å². The van der Waals surface area contributed by atoms with Crippen molar-refractivity contribution in [3.05, 3.63) is 60.4 Å². The standard InChI is InChI=1S/C14H6Cl2INO2/c15-7-1-3-9(11(16)5-7)13-18-12-4-2-8(17)6-10(12)14(19)20-13/h1-6H. The van der Waals surface area contributed by atoms with Gasteiger partial charge >= 0.3 is 5.63 Å². The van der Waals surface area contributed by atoms with Crippen LogP contribution in [-0.2, 0) is 0 Å².